The van der Waals surface area contributed by atoms with Crippen molar-refractivity contribution in [1.82, 2.24) is 14.8 Å². The fourth-order valence-electron chi connectivity index (χ4n) is 1.91. The fraction of sp³-hybridized carbons (Fsp3) is 0.500. The summed E-state index contributed by atoms with van der Waals surface area (Å²) >= 11 is 11.5. The Morgan fingerprint density at radius 1 is 1.40 bits per heavy atom. The molecule has 0 aromatic carbocycles. The number of hydrogen-bond donors (Lipinski definition) is 1. The van der Waals surface area contributed by atoms with E-state index in [0.29, 0.717) is 26.3 Å². The van der Waals surface area contributed by atoms with Crippen LogP contribution in [0.1, 0.15) is 10.5 Å². The number of aromatic nitrogens is 1. The van der Waals surface area contributed by atoms with Crippen LogP contribution in [0, 0.1) is 0 Å². The predicted molar refractivity (Wildman–Crippen MR) is 75.2 cm³/mol. The molecular formula is C12H15Cl2N3O3. The van der Waals surface area contributed by atoms with Crippen LogP contribution in [0.4, 0.5) is 0 Å². The van der Waals surface area contributed by atoms with Crippen LogP contribution in [0.2, 0.25) is 10.2 Å². The van der Waals surface area contributed by atoms with E-state index in [0.717, 1.165) is 0 Å². The second kappa shape index (κ2) is 6.47. The van der Waals surface area contributed by atoms with E-state index in [-0.39, 0.29) is 34.2 Å². The maximum atomic E-state index is 12.1. The van der Waals surface area contributed by atoms with Gasteiger partial charge in [0.25, 0.3) is 5.91 Å². The summed E-state index contributed by atoms with van der Waals surface area (Å²) in [7, 11) is 1.56. The van der Waals surface area contributed by atoms with Gasteiger partial charge in [-0.15, -0.1) is 0 Å². The van der Waals surface area contributed by atoms with Gasteiger partial charge in [0.15, 0.2) is 0 Å². The van der Waals surface area contributed by atoms with E-state index < -0.39 is 0 Å². The number of nitrogens with zero attached hydrogens (tertiary/aromatic N) is 2. The molecule has 1 fully saturated rings. The Morgan fingerprint density at radius 3 is 2.60 bits per heavy atom. The summed E-state index contributed by atoms with van der Waals surface area (Å²) in [5.74, 6) is -0.437. The number of rotatable bonds is 3. The molecule has 1 N–H and O–H groups in total. The highest BCUT2D eigenvalue weighted by Crippen LogP contribution is 2.22. The van der Waals surface area contributed by atoms with Crippen molar-refractivity contribution in [3.05, 3.63) is 21.9 Å². The first-order chi connectivity index (χ1) is 9.49. The van der Waals surface area contributed by atoms with Crippen LogP contribution in [-0.4, -0.2) is 66.5 Å². The lowest BCUT2D eigenvalue weighted by atomic mass is 10.3. The minimum atomic E-state index is -0.333. The maximum absolute atomic E-state index is 12.1. The van der Waals surface area contributed by atoms with E-state index in [9.17, 15) is 9.59 Å². The third-order valence-corrected chi connectivity index (χ3v) is 3.73. The number of likely N-dealkylation sites (N-methyl/N-ethyl adjacent to an activating group) is 1. The highest BCUT2D eigenvalue weighted by Gasteiger charge is 2.22. The second-order valence-corrected chi connectivity index (χ2v) is 5.28. The van der Waals surface area contributed by atoms with E-state index in [2.05, 4.69) is 4.98 Å². The molecule has 0 aliphatic carbocycles. The monoisotopic (exact) mass is 319 g/mol. The SMILES string of the molecule is CN(CC(=O)N1CCOCC1)C(=O)c1cc(Cl)c(Cl)[nH]1. The van der Waals surface area contributed by atoms with Crippen molar-refractivity contribution >= 4 is 35.0 Å². The summed E-state index contributed by atoms with van der Waals surface area (Å²) in [5.41, 5.74) is 0.261. The van der Waals surface area contributed by atoms with Gasteiger partial charge in [0.2, 0.25) is 5.91 Å². The van der Waals surface area contributed by atoms with Crippen LogP contribution in [0.3, 0.4) is 0 Å². The number of carbonyl (C=O) groups is 2. The van der Waals surface area contributed by atoms with Crippen LogP contribution in [0.5, 0.6) is 0 Å². The smallest absolute Gasteiger partial charge is 0.270 e. The molecule has 1 aromatic heterocycles. The van der Waals surface area contributed by atoms with Gasteiger partial charge in [-0.3, -0.25) is 9.59 Å². The Bertz CT molecular complexity index is 493. The fourth-order valence-corrected chi connectivity index (χ4v) is 2.23. The van der Waals surface area contributed by atoms with Gasteiger partial charge < -0.3 is 19.5 Å². The zero-order valence-corrected chi connectivity index (χ0v) is 12.5. The lowest BCUT2D eigenvalue weighted by Gasteiger charge is -2.28. The molecular weight excluding hydrogens is 305 g/mol. The van der Waals surface area contributed by atoms with Crippen molar-refractivity contribution in [2.24, 2.45) is 0 Å². The minimum absolute atomic E-state index is 0.00704. The van der Waals surface area contributed by atoms with Crippen molar-refractivity contribution in [2.45, 2.75) is 0 Å². The van der Waals surface area contributed by atoms with Crippen LogP contribution in [0.15, 0.2) is 6.07 Å². The standard InChI is InChI=1S/C12H15Cl2N3O3/c1-16(7-10(18)17-2-4-20-5-3-17)12(19)9-6-8(13)11(14)15-9/h6,15H,2-5,7H2,1H3. The molecule has 0 radical (unpaired) electrons. The number of halogens is 2. The molecule has 0 saturated carbocycles. The minimum Gasteiger partial charge on any atom is -0.378 e. The number of aromatic amines is 1. The van der Waals surface area contributed by atoms with Gasteiger partial charge in [-0.25, -0.2) is 0 Å². The summed E-state index contributed by atoms with van der Waals surface area (Å²) in [4.78, 5) is 29.8. The molecule has 0 atom stereocenters. The second-order valence-electron chi connectivity index (χ2n) is 4.50. The van der Waals surface area contributed by atoms with Gasteiger partial charge in [0.1, 0.15) is 10.8 Å². The van der Waals surface area contributed by atoms with Gasteiger partial charge in [-0.1, -0.05) is 23.2 Å². The number of H-pyrrole nitrogens is 1. The first-order valence-corrected chi connectivity index (χ1v) is 6.89. The van der Waals surface area contributed by atoms with Crippen LogP contribution in [-0.2, 0) is 9.53 Å². The van der Waals surface area contributed by atoms with Crippen molar-refractivity contribution in [3.8, 4) is 0 Å². The molecule has 110 valence electrons. The number of ether oxygens (including phenoxy) is 1. The average molecular weight is 320 g/mol. The maximum Gasteiger partial charge on any atom is 0.270 e. The number of hydrogen-bond acceptors (Lipinski definition) is 3. The molecule has 2 amide bonds. The quantitative estimate of drug-likeness (QED) is 0.912. The van der Waals surface area contributed by atoms with E-state index in [1.54, 1.807) is 11.9 Å². The van der Waals surface area contributed by atoms with Gasteiger partial charge >= 0.3 is 0 Å². The number of nitrogens with one attached hydrogen (secondary N) is 1. The third kappa shape index (κ3) is 3.45. The molecule has 0 bridgehead atoms. The van der Waals surface area contributed by atoms with E-state index in [1.807, 2.05) is 0 Å². The Morgan fingerprint density at radius 2 is 2.05 bits per heavy atom. The van der Waals surface area contributed by atoms with Gasteiger partial charge in [-0.05, 0) is 6.07 Å². The van der Waals surface area contributed by atoms with Crippen LogP contribution >= 0.6 is 23.2 Å². The molecule has 6 nitrogen and oxygen atoms in total. The third-order valence-electron chi connectivity index (χ3n) is 3.04. The van der Waals surface area contributed by atoms with Crippen molar-refractivity contribution < 1.29 is 14.3 Å². The summed E-state index contributed by atoms with van der Waals surface area (Å²) in [6.07, 6.45) is 0. The topological polar surface area (TPSA) is 65.6 Å². The molecule has 1 aliphatic rings. The molecule has 1 aliphatic heterocycles. The lowest BCUT2D eigenvalue weighted by molar-refractivity contribution is -0.135. The highest BCUT2D eigenvalue weighted by atomic mass is 35.5. The zero-order chi connectivity index (χ0) is 14.7. The summed E-state index contributed by atoms with van der Waals surface area (Å²) in [5, 5.41) is 0.492. The molecule has 1 aromatic rings. The number of morpholine rings is 1. The van der Waals surface area contributed by atoms with E-state index in [1.165, 1.54) is 11.0 Å². The molecule has 0 spiro atoms. The van der Waals surface area contributed by atoms with Crippen LogP contribution in [0.25, 0.3) is 0 Å². The van der Waals surface area contributed by atoms with Crippen LogP contribution < -0.4 is 0 Å². The summed E-state index contributed by atoms with van der Waals surface area (Å²) in [6.45, 7) is 2.19. The number of carbonyl (C=O) groups excluding carboxylic acids is 2. The molecule has 2 rings (SSSR count). The average Bonchev–Trinajstić information content (AvgIpc) is 2.78. The zero-order valence-electron chi connectivity index (χ0n) is 11.0. The Hall–Kier alpha value is -1.24. The first kappa shape index (κ1) is 15.2. The van der Waals surface area contributed by atoms with E-state index in [4.69, 9.17) is 27.9 Å². The molecule has 8 heteroatoms. The number of amides is 2. The van der Waals surface area contributed by atoms with Crippen molar-refractivity contribution in [3.63, 3.8) is 0 Å². The van der Waals surface area contributed by atoms with Crippen molar-refractivity contribution in [1.29, 1.82) is 0 Å². The van der Waals surface area contributed by atoms with Gasteiger partial charge in [-0.2, -0.15) is 0 Å². The molecule has 1 saturated heterocycles. The molecule has 2 heterocycles. The normalized spacial score (nSPS) is 15.2. The van der Waals surface area contributed by atoms with Gasteiger partial charge in [0, 0.05) is 20.1 Å². The summed E-state index contributed by atoms with van der Waals surface area (Å²) < 4.78 is 5.18. The Kier molecular flexibility index (Phi) is 4.91. The first-order valence-electron chi connectivity index (χ1n) is 6.14. The lowest BCUT2D eigenvalue weighted by Crippen LogP contribution is -2.46. The van der Waals surface area contributed by atoms with Crippen molar-refractivity contribution in [2.75, 3.05) is 39.9 Å². The summed E-state index contributed by atoms with van der Waals surface area (Å²) in [6, 6.07) is 1.45. The Balaban J connectivity index is 1.95. The molecule has 0 unspecified atom stereocenters. The van der Waals surface area contributed by atoms with E-state index >= 15 is 0 Å². The molecule has 20 heavy (non-hydrogen) atoms. The Labute approximate surface area is 126 Å². The predicted octanol–water partition coefficient (Wildman–Crippen LogP) is 1.25. The van der Waals surface area contributed by atoms with Gasteiger partial charge in [0.05, 0.1) is 24.8 Å². The largest absolute Gasteiger partial charge is 0.378 e. The highest BCUT2D eigenvalue weighted by molar-refractivity contribution is 6.41.